The molecule has 46 valence electrons. The summed E-state index contributed by atoms with van der Waals surface area (Å²) in [5.74, 6) is 0. The first-order valence-electron chi connectivity index (χ1n) is 2.31. The summed E-state index contributed by atoms with van der Waals surface area (Å²) >= 11 is 0. The summed E-state index contributed by atoms with van der Waals surface area (Å²) in [6.07, 6.45) is 4.00. The molecule has 0 amide bonds. The maximum absolute atomic E-state index is 2.00. The van der Waals surface area contributed by atoms with Crippen molar-refractivity contribution in [3.8, 4) is 0 Å². The molecule has 0 atom stereocenters. The molecule has 0 aliphatic heterocycles. The quantitative estimate of drug-likeness (QED) is 0.567. The maximum Gasteiger partial charge on any atom is 0 e. The molecule has 0 bridgehead atoms. The minimum atomic E-state index is 0. The molecule has 1 heteroatoms. The molecule has 0 heterocycles. The molecule has 0 aliphatic rings. The van der Waals surface area contributed by atoms with E-state index in [1.807, 2.05) is 40.5 Å². The summed E-state index contributed by atoms with van der Waals surface area (Å²) in [7, 11) is 0. The molecule has 0 unspecified atom stereocenters. The van der Waals surface area contributed by atoms with Crippen molar-refractivity contribution in [2.45, 2.75) is 27.7 Å². The van der Waals surface area contributed by atoms with Crippen LogP contribution in [0.5, 0.6) is 0 Å². The van der Waals surface area contributed by atoms with Gasteiger partial charge in [-0.25, -0.2) is 0 Å². The zero-order valence-corrected chi connectivity index (χ0v) is 8.18. The second-order valence-electron chi connectivity index (χ2n) is 1.15. The van der Waals surface area contributed by atoms with Crippen LogP contribution in [0.25, 0.3) is 0 Å². The van der Waals surface area contributed by atoms with Crippen LogP contribution in [0, 0.1) is 53.2 Å². The topological polar surface area (TPSA) is 0 Å². The van der Waals surface area contributed by atoms with Crippen LogP contribution in [-0.4, -0.2) is 0 Å². The van der Waals surface area contributed by atoms with Gasteiger partial charge in [0.25, 0.3) is 0 Å². The fourth-order valence-electron chi connectivity index (χ4n) is 0. The van der Waals surface area contributed by atoms with Crippen molar-refractivity contribution < 1.29 is 40.4 Å². The second kappa shape index (κ2) is 26.5. The van der Waals surface area contributed by atoms with E-state index in [2.05, 4.69) is 0 Å². The molecule has 0 aliphatic carbocycles. The van der Waals surface area contributed by atoms with Gasteiger partial charge >= 0.3 is 0 Å². The van der Waals surface area contributed by atoms with Gasteiger partial charge in [-0.2, -0.15) is 27.7 Å². The summed E-state index contributed by atoms with van der Waals surface area (Å²) in [5, 5.41) is 0. The van der Waals surface area contributed by atoms with Gasteiger partial charge in [-0.3, -0.25) is 0 Å². The van der Waals surface area contributed by atoms with E-state index in [0.29, 0.717) is 0 Å². The van der Waals surface area contributed by atoms with Gasteiger partial charge in [0.15, 0.2) is 0 Å². The van der Waals surface area contributed by atoms with Crippen LogP contribution < -0.4 is 0 Å². The molecular formula is C6H14Sm-2. The molecule has 0 rings (SSSR count). The van der Waals surface area contributed by atoms with Crippen LogP contribution in [0.3, 0.4) is 0 Å². The van der Waals surface area contributed by atoms with Gasteiger partial charge in [-0.15, -0.1) is 0 Å². The predicted octanol–water partition coefficient (Wildman–Crippen LogP) is 2.46. The molecule has 0 aromatic heterocycles. The molecule has 0 aromatic carbocycles. The maximum atomic E-state index is 2.00. The van der Waals surface area contributed by atoms with Crippen LogP contribution in [0.1, 0.15) is 27.7 Å². The van der Waals surface area contributed by atoms with Gasteiger partial charge in [-0.05, 0) is 0 Å². The fourth-order valence-corrected chi connectivity index (χ4v) is 0. The van der Waals surface area contributed by atoms with E-state index >= 15 is 0 Å². The third-order valence-corrected chi connectivity index (χ3v) is 0. The largest absolute Gasteiger partial charge is 0.335 e. The second-order valence-corrected chi connectivity index (χ2v) is 1.15. The Hall–Kier alpha value is 1.34. The normalized spacial score (nSPS) is 5.14. The molecule has 0 radical (unpaired) electrons. The number of rotatable bonds is 0. The van der Waals surface area contributed by atoms with Gasteiger partial charge in [0.2, 0.25) is 0 Å². The van der Waals surface area contributed by atoms with E-state index in [4.69, 9.17) is 0 Å². The van der Waals surface area contributed by atoms with Crippen molar-refractivity contribution in [1.29, 1.82) is 0 Å². The monoisotopic (exact) mass is 238 g/mol. The molecule has 0 nitrogen and oxygen atoms in total. The van der Waals surface area contributed by atoms with E-state index in [1.54, 1.807) is 0 Å². The van der Waals surface area contributed by atoms with Crippen molar-refractivity contribution >= 4 is 0 Å². The van der Waals surface area contributed by atoms with E-state index < -0.39 is 0 Å². The van der Waals surface area contributed by atoms with Crippen LogP contribution in [0.2, 0.25) is 0 Å². The molecule has 0 spiro atoms. The Balaban J connectivity index is -0.0000000400. The Morgan fingerprint density at radius 1 is 0.714 bits per heavy atom. The average molecular weight is 237 g/mol. The van der Waals surface area contributed by atoms with Crippen LogP contribution in [0.15, 0.2) is 0 Å². The Labute approximate surface area is 80.2 Å². The first kappa shape index (κ1) is 15.8. The Morgan fingerprint density at radius 3 is 0.714 bits per heavy atom. The van der Waals surface area contributed by atoms with Crippen LogP contribution in [-0.2, 0) is 0 Å². The third kappa shape index (κ3) is 117. The summed E-state index contributed by atoms with van der Waals surface area (Å²) in [6, 6.07) is 0. The van der Waals surface area contributed by atoms with Crippen molar-refractivity contribution in [2.24, 2.45) is 0 Å². The predicted molar refractivity (Wildman–Crippen MR) is 31.3 cm³/mol. The number of hydrogen-bond donors (Lipinski definition) is 0. The summed E-state index contributed by atoms with van der Waals surface area (Å²) < 4.78 is 0. The minimum Gasteiger partial charge on any atom is -0.335 e. The Morgan fingerprint density at radius 2 is 0.714 bits per heavy atom. The molecule has 0 fully saturated rings. The van der Waals surface area contributed by atoms with Gasteiger partial charge in [0.1, 0.15) is 0 Å². The first-order valence-corrected chi connectivity index (χ1v) is 2.31. The first-order chi connectivity index (χ1) is 2.83. The van der Waals surface area contributed by atoms with E-state index in [9.17, 15) is 0 Å². The van der Waals surface area contributed by atoms with Gasteiger partial charge in [0.05, 0.1) is 0 Å². The van der Waals surface area contributed by atoms with Crippen molar-refractivity contribution in [2.75, 3.05) is 0 Å². The molecular weight excluding hydrogens is 222 g/mol. The Bertz CT molecular complexity index is 6.14. The smallest absolute Gasteiger partial charge is 0 e. The zero-order valence-electron chi connectivity index (χ0n) is 5.56. The van der Waals surface area contributed by atoms with Crippen molar-refractivity contribution in [3.63, 3.8) is 0 Å². The van der Waals surface area contributed by atoms with Crippen molar-refractivity contribution in [1.82, 2.24) is 0 Å². The van der Waals surface area contributed by atoms with Crippen LogP contribution >= 0.6 is 0 Å². The van der Waals surface area contributed by atoms with Gasteiger partial charge in [0, 0.05) is 40.4 Å². The fraction of sp³-hybridized carbons (Fsp3) is 0.667. The molecule has 0 aromatic rings. The van der Waals surface area contributed by atoms with Gasteiger partial charge in [-0.1, -0.05) is 0 Å². The molecule has 7 heavy (non-hydrogen) atoms. The average Bonchev–Trinajstić information content (AvgIpc) is 1.39. The van der Waals surface area contributed by atoms with Crippen LogP contribution in [0.4, 0.5) is 0 Å². The number of hydrogen-bond acceptors (Lipinski definition) is 0. The standard InChI is InChI=1S/2C3H7.Sm/c2*1-3-2;/h2*3H,1-2H3;/q2*-1;. The van der Waals surface area contributed by atoms with E-state index in [1.165, 1.54) is 0 Å². The summed E-state index contributed by atoms with van der Waals surface area (Å²) in [5.41, 5.74) is 0. The summed E-state index contributed by atoms with van der Waals surface area (Å²) in [4.78, 5) is 0. The molecule has 0 N–H and O–H groups in total. The van der Waals surface area contributed by atoms with Gasteiger partial charge < -0.3 is 12.8 Å². The van der Waals surface area contributed by atoms with E-state index in [-0.39, 0.29) is 40.4 Å². The Kier molecular flexibility index (Phi) is 59.6. The zero-order chi connectivity index (χ0) is 5.41. The summed E-state index contributed by atoms with van der Waals surface area (Å²) in [6.45, 7) is 8.00. The molecule has 0 saturated carbocycles. The third-order valence-electron chi connectivity index (χ3n) is 0. The minimum absolute atomic E-state index is 0. The van der Waals surface area contributed by atoms with E-state index in [0.717, 1.165) is 0 Å². The van der Waals surface area contributed by atoms with Crippen molar-refractivity contribution in [3.05, 3.63) is 12.8 Å². The molecule has 0 saturated heterocycles. The SMILES string of the molecule is C[CH-]C.C[CH-]C.[Sm].